The predicted octanol–water partition coefficient (Wildman–Crippen LogP) is 3.67. The summed E-state index contributed by atoms with van der Waals surface area (Å²) in [7, 11) is 1.72. The highest BCUT2D eigenvalue weighted by atomic mass is 16.5. The Kier molecular flexibility index (Phi) is 11.1. The molecule has 1 fully saturated rings. The van der Waals surface area contributed by atoms with Gasteiger partial charge in [0, 0.05) is 38.1 Å². The average molecular weight is 577 g/mol. The van der Waals surface area contributed by atoms with Crippen LogP contribution in [0.3, 0.4) is 0 Å². The molecule has 0 bridgehead atoms. The first-order valence-corrected chi connectivity index (χ1v) is 15.1. The van der Waals surface area contributed by atoms with Crippen LogP contribution in [0.5, 0.6) is 0 Å². The van der Waals surface area contributed by atoms with E-state index in [1.54, 1.807) is 7.11 Å². The molecule has 42 heavy (non-hydrogen) atoms. The van der Waals surface area contributed by atoms with Crippen LogP contribution in [0.15, 0.2) is 64.4 Å². The maximum Gasteiger partial charge on any atom is 0.264 e. The summed E-state index contributed by atoms with van der Waals surface area (Å²) in [5.74, 6) is 0.711. The van der Waals surface area contributed by atoms with E-state index in [2.05, 4.69) is 71.8 Å². The lowest BCUT2D eigenvalue weighted by Gasteiger charge is -2.34. The fourth-order valence-electron chi connectivity index (χ4n) is 5.82. The quantitative estimate of drug-likeness (QED) is 0.0940. The van der Waals surface area contributed by atoms with Crippen LogP contribution in [0.2, 0.25) is 0 Å². The van der Waals surface area contributed by atoms with Crippen LogP contribution in [0.1, 0.15) is 64.7 Å². The van der Waals surface area contributed by atoms with Gasteiger partial charge in [0.05, 0.1) is 35.4 Å². The monoisotopic (exact) mass is 576 g/mol. The number of hydrogen-bond acceptors (Lipinski definition) is 8. The Morgan fingerprint density at radius 2 is 2.21 bits per heavy atom. The van der Waals surface area contributed by atoms with Crippen molar-refractivity contribution in [3.05, 3.63) is 70.8 Å². The first kappa shape index (κ1) is 31.6. The van der Waals surface area contributed by atoms with E-state index >= 15 is 0 Å². The largest absolute Gasteiger partial charge is 0.390 e. The molecule has 1 saturated heterocycles. The van der Waals surface area contributed by atoms with E-state index in [-0.39, 0.29) is 29.9 Å². The Morgan fingerprint density at radius 3 is 2.86 bits per heavy atom. The summed E-state index contributed by atoms with van der Waals surface area (Å²) in [6.07, 6.45) is 13.6. The van der Waals surface area contributed by atoms with Gasteiger partial charge in [0.15, 0.2) is 0 Å². The lowest BCUT2D eigenvalue weighted by Crippen LogP contribution is -2.49. The number of unbranched alkanes of at least 4 members (excludes halogenated alkanes) is 1. The maximum absolute atomic E-state index is 14.6. The van der Waals surface area contributed by atoms with E-state index in [9.17, 15) is 4.79 Å². The van der Waals surface area contributed by atoms with Gasteiger partial charge in [-0.2, -0.15) is 0 Å². The molecule has 1 aliphatic carbocycles. The second-order valence-electron chi connectivity index (χ2n) is 11.6. The summed E-state index contributed by atoms with van der Waals surface area (Å²) in [4.78, 5) is 24.3. The fourth-order valence-corrected chi connectivity index (χ4v) is 5.82. The molecule has 4 atom stereocenters. The zero-order valence-electron chi connectivity index (χ0n) is 25.5. The lowest BCUT2D eigenvalue weighted by atomic mass is 9.95. The minimum atomic E-state index is -0.484. The topological polar surface area (TPSA) is 131 Å². The van der Waals surface area contributed by atoms with Crippen LogP contribution in [0, 0.1) is 0 Å². The third-order valence-corrected chi connectivity index (χ3v) is 8.22. The Labute approximate surface area is 249 Å². The van der Waals surface area contributed by atoms with Gasteiger partial charge >= 0.3 is 0 Å². The molecule has 2 aromatic rings. The van der Waals surface area contributed by atoms with E-state index in [1.807, 2.05) is 28.8 Å². The number of allylic oxidation sites excluding steroid dienone is 1. The lowest BCUT2D eigenvalue weighted by molar-refractivity contribution is 0.142. The average Bonchev–Trinajstić information content (AvgIpc) is 3.53. The van der Waals surface area contributed by atoms with E-state index in [0.717, 1.165) is 49.9 Å². The van der Waals surface area contributed by atoms with Crippen molar-refractivity contribution in [2.45, 2.75) is 82.8 Å². The number of hydrogen-bond donors (Lipinski definition) is 5. The standard InChI is InChI=1S/C32H48N8O2/c1-6-8-9-17-32(3,4)40-30(24(7-2)38-29(36-20-33)27-19-34-21-37-27)39-26-12-10-11-25(28(26)31(40)41)35-18-22-13-15-23(42-5)16-14-22/h6,10-15,20,23-24,27,29,34-35,37-38H,1,7-9,16-19,21H2,2-5H3,(H2,33,36). The van der Waals surface area contributed by atoms with Crippen molar-refractivity contribution in [3.8, 4) is 0 Å². The van der Waals surface area contributed by atoms with Crippen LogP contribution < -0.4 is 32.6 Å². The van der Waals surface area contributed by atoms with Crippen LogP contribution in [-0.2, 0) is 10.3 Å². The molecular formula is C32H48N8O2. The zero-order valence-corrected chi connectivity index (χ0v) is 25.5. The molecule has 0 radical (unpaired) electrons. The third kappa shape index (κ3) is 7.36. The number of rotatable bonds is 15. The summed E-state index contributed by atoms with van der Waals surface area (Å²) in [5.41, 5.74) is 7.83. The summed E-state index contributed by atoms with van der Waals surface area (Å²) in [6.45, 7) is 12.3. The highest BCUT2D eigenvalue weighted by Gasteiger charge is 2.32. The van der Waals surface area contributed by atoms with Gasteiger partial charge in [-0.25, -0.2) is 4.98 Å². The zero-order chi connectivity index (χ0) is 30.1. The molecule has 0 saturated carbocycles. The van der Waals surface area contributed by atoms with Gasteiger partial charge in [0.25, 0.3) is 5.56 Å². The summed E-state index contributed by atoms with van der Waals surface area (Å²) < 4.78 is 7.34. The number of nitrogens with one attached hydrogen (secondary N) is 4. The Hall–Kier alpha value is -3.31. The van der Waals surface area contributed by atoms with Gasteiger partial charge in [0.1, 0.15) is 12.0 Å². The van der Waals surface area contributed by atoms with Gasteiger partial charge in [-0.15, -0.1) is 6.58 Å². The number of aliphatic imine (C=N–C) groups is 1. The number of anilines is 1. The van der Waals surface area contributed by atoms with Crippen molar-refractivity contribution >= 4 is 22.9 Å². The van der Waals surface area contributed by atoms with Crippen molar-refractivity contribution in [2.75, 3.05) is 32.2 Å². The van der Waals surface area contributed by atoms with Gasteiger partial charge in [-0.3, -0.25) is 25.0 Å². The molecule has 2 heterocycles. The highest BCUT2D eigenvalue weighted by Crippen LogP contribution is 2.30. The number of nitrogens with zero attached hydrogens (tertiary/aromatic N) is 3. The number of ether oxygens (including phenoxy) is 1. The summed E-state index contributed by atoms with van der Waals surface area (Å²) in [6, 6.07) is 5.69. The van der Waals surface area contributed by atoms with Crippen molar-refractivity contribution in [3.63, 3.8) is 0 Å². The van der Waals surface area contributed by atoms with Crippen LogP contribution in [0.4, 0.5) is 5.69 Å². The van der Waals surface area contributed by atoms with E-state index < -0.39 is 5.54 Å². The number of methoxy groups -OCH3 is 1. The van der Waals surface area contributed by atoms with E-state index in [1.165, 1.54) is 6.34 Å². The van der Waals surface area contributed by atoms with Crippen molar-refractivity contribution in [2.24, 2.45) is 10.7 Å². The normalized spacial score (nSPS) is 20.6. The van der Waals surface area contributed by atoms with E-state index in [4.69, 9.17) is 15.5 Å². The third-order valence-electron chi connectivity index (χ3n) is 8.22. The minimum absolute atomic E-state index is 0.0471. The second-order valence-corrected chi connectivity index (χ2v) is 11.6. The molecule has 2 aliphatic rings. The molecule has 228 valence electrons. The fraction of sp³-hybridized carbons (Fsp3) is 0.531. The number of fused-ring (bicyclic) bond motifs is 1. The number of aromatic nitrogens is 2. The van der Waals surface area contributed by atoms with Gasteiger partial charge in [0.2, 0.25) is 0 Å². The number of benzene rings is 1. The molecule has 1 aromatic heterocycles. The molecular weight excluding hydrogens is 528 g/mol. The first-order valence-electron chi connectivity index (χ1n) is 15.1. The smallest absolute Gasteiger partial charge is 0.264 e. The van der Waals surface area contributed by atoms with Crippen LogP contribution in [0.25, 0.3) is 10.9 Å². The highest BCUT2D eigenvalue weighted by molar-refractivity contribution is 5.90. The van der Waals surface area contributed by atoms with Gasteiger partial charge < -0.3 is 21.1 Å². The Bertz CT molecular complexity index is 1360. The van der Waals surface area contributed by atoms with Gasteiger partial charge in [-0.1, -0.05) is 37.3 Å². The first-order chi connectivity index (χ1) is 20.3. The van der Waals surface area contributed by atoms with Crippen molar-refractivity contribution < 1.29 is 4.74 Å². The second kappa shape index (κ2) is 14.7. The van der Waals surface area contributed by atoms with E-state index in [0.29, 0.717) is 29.9 Å². The predicted molar refractivity (Wildman–Crippen MR) is 173 cm³/mol. The Balaban J connectivity index is 1.77. The molecule has 1 aromatic carbocycles. The summed E-state index contributed by atoms with van der Waals surface area (Å²) >= 11 is 0. The molecule has 10 nitrogen and oxygen atoms in total. The van der Waals surface area contributed by atoms with Crippen molar-refractivity contribution in [1.82, 2.24) is 25.5 Å². The molecule has 10 heteroatoms. The minimum Gasteiger partial charge on any atom is -0.390 e. The number of nitrogens with two attached hydrogens (primary N) is 1. The SMILES string of the molecule is C=CCCCC(C)(C)n1c(C(CC)NC(N=CN)C2CNCN2)nc2cccc(NCC3=CCC(OC)C=C3)c2c1=O. The molecule has 0 amide bonds. The van der Waals surface area contributed by atoms with Crippen LogP contribution >= 0.6 is 0 Å². The molecule has 6 N–H and O–H groups in total. The molecule has 0 spiro atoms. The Morgan fingerprint density at radius 1 is 1.38 bits per heavy atom. The summed E-state index contributed by atoms with van der Waals surface area (Å²) in [5, 5.41) is 14.5. The van der Waals surface area contributed by atoms with Gasteiger partial charge in [-0.05, 0) is 63.7 Å². The molecule has 4 unspecified atom stereocenters. The van der Waals surface area contributed by atoms with Crippen molar-refractivity contribution in [1.29, 1.82) is 0 Å². The molecule has 4 rings (SSSR count). The molecule has 1 aliphatic heterocycles. The maximum atomic E-state index is 14.6. The van der Waals surface area contributed by atoms with Crippen LogP contribution in [-0.4, -0.2) is 61.1 Å².